The second-order valence-corrected chi connectivity index (χ2v) is 6.39. The molecule has 0 amide bonds. The van der Waals surface area contributed by atoms with Gasteiger partial charge in [-0.3, -0.25) is 10.5 Å². The Hall–Kier alpha value is -0.150. The highest BCUT2D eigenvalue weighted by molar-refractivity contribution is 14.1. The van der Waals surface area contributed by atoms with Gasteiger partial charge in [-0.2, -0.15) is 5.10 Å². The number of benzene rings is 1. The van der Waals surface area contributed by atoms with E-state index in [0.717, 1.165) is 30.9 Å². The molecule has 0 saturated heterocycles. The van der Waals surface area contributed by atoms with Crippen LogP contribution in [-0.2, 0) is 6.54 Å². The van der Waals surface area contributed by atoms with Crippen molar-refractivity contribution in [3.63, 3.8) is 0 Å². The van der Waals surface area contributed by atoms with E-state index in [9.17, 15) is 0 Å². The van der Waals surface area contributed by atoms with Crippen LogP contribution in [0.2, 0.25) is 5.02 Å². The molecule has 1 heterocycles. The molecule has 0 aliphatic carbocycles. The molecule has 0 aliphatic heterocycles. The summed E-state index contributed by atoms with van der Waals surface area (Å²) in [7, 11) is 0. The summed E-state index contributed by atoms with van der Waals surface area (Å²) in [5.41, 5.74) is 4.82. The van der Waals surface area contributed by atoms with E-state index in [1.165, 1.54) is 0 Å². The fourth-order valence-corrected chi connectivity index (χ4v) is 2.99. The Bertz CT molecular complexity index is 587. The zero-order valence-corrected chi connectivity index (χ0v) is 14.7. The molecule has 0 aliphatic rings. The summed E-state index contributed by atoms with van der Waals surface area (Å²) in [6, 6.07) is 5.75. The van der Waals surface area contributed by atoms with Crippen LogP contribution in [-0.4, -0.2) is 9.78 Å². The minimum absolute atomic E-state index is 0.161. The molecular formula is C12H13BrClIN4. The molecule has 0 radical (unpaired) electrons. The van der Waals surface area contributed by atoms with Gasteiger partial charge in [-0.05, 0) is 63.1 Å². The molecule has 0 bridgehead atoms. The standard InChI is InChI=1S/C12H13BrClIN4/c1-2-19-12(8(13)6-17-19)11(18-16)7-3-4-10(15)9(14)5-7/h3-6,11,18H,2,16H2,1H3. The van der Waals surface area contributed by atoms with Gasteiger partial charge in [0.15, 0.2) is 0 Å². The van der Waals surface area contributed by atoms with E-state index in [-0.39, 0.29) is 6.04 Å². The van der Waals surface area contributed by atoms with Gasteiger partial charge in [-0.25, -0.2) is 5.43 Å². The normalized spacial score (nSPS) is 12.7. The lowest BCUT2D eigenvalue weighted by molar-refractivity contribution is 0.542. The Morgan fingerprint density at radius 2 is 2.32 bits per heavy atom. The van der Waals surface area contributed by atoms with Gasteiger partial charge < -0.3 is 0 Å². The zero-order chi connectivity index (χ0) is 14.0. The van der Waals surface area contributed by atoms with Crippen molar-refractivity contribution in [2.45, 2.75) is 19.5 Å². The van der Waals surface area contributed by atoms with E-state index < -0.39 is 0 Å². The van der Waals surface area contributed by atoms with Gasteiger partial charge >= 0.3 is 0 Å². The molecule has 1 atom stereocenters. The Morgan fingerprint density at radius 3 is 2.89 bits per heavy atom. The monoisotopic (exact) mass is 454 g/mol. The summed E-state index contributed by atoms with van der Waals surface area (Å²) in [5.74, 6) is 5.72. The average Bonchev–Trinajstić information content (AvgIpc) is 2.76. The lowest BCUT2D eigenvalue weighted by atomic mass is 10.0. The summed E-state index contributed by atoms with van der Waals surface area (Å²) in [6.07, 6.45) is 1.78. The first kappa shape index (κ1) is 15.2. The molecule has 1 aromatic heterocycles. The maximum atomic E-state index is 6.18. The molecule has 3 N–H and O–H groups in total. The number of nitrogens with one attached hydrogen (secondary N) is 1. The fourth-order valence-electron chi connectivity index (χ4n) is 1.94. The number of hydrogen-bond acceptors (Lipinski definition) is 3. The number of nitrogens with zero attached hydrogens (tertiary/aromatic N) is 2. The third-order valence-corrected chi connectivity index (χ3v) is 5.03. The maximum Gasteiger partial charge on any atom is 0.0890 e. The van der Waals surface area contributed by atoms with Crippen molar-refractivity contribution in [2.24, 2.45) is 5.84 Å². The fraction of sp³-hybridized carbons (Fsp3) is 0.250. The molecule has 7 heteroatoms. The lowest BCUT2D eigenvalue weighted by Gasteiger charge is -2.19. The van der Waals surface area contributed by atoms with Crippen LogP contribution in [0.5, 0.6) is 0 Å². The lowest BCUT2D eigenvalue weighted by Crippen LogP contribution is -2.31. The Kier molecular flexibility index (Phi) is 5.24. The van der Waals surface area contributed by atoms with Crippen LogP contribution < -0.4 is 11.3 Å². The topological polar surface area (TPSA) is 55.9 Å². The summed E-state index contributed by atoms with van der Waals surface area (Å²) >= 11 is 11.9. The van der Waals surface area contributed by atoms with Crippen molar-refractivity contribution in [1.29, 1.82) is 0 Å². The summed E-state index contributed by atoms with van der Waals surface area (Å²) < 4.78 is 3.84. The molecule has 0 saturated carbocycles. The predicted octanol–water partition coefficient (Wildman–Crippen LogP) is 3.48. The summed E-state index contributed by atoms with van der Waals surface area (Å²) in [5, 5.41) is 5.03. The number of aromatic nitrogens is 2. The molecule has 2 rings (SSSR count). The third-order valence-electron chi connectivity index (χ3n) is 2.85. The van der Waals surface area contributed by atoms with Gasteiger partial charge in [0.05, 0.1) is 27.4 Å². The van der Waals surface area contributed by atoms with Crippen molar-refractivity contribution in [3.8, 4) is 0 Å². The first-order valence-corrected chi connectivity index (χ1v) is 7.95. The van der Waals surface area contributed by atoms with Gasteiger partial charge in [0.2, 0.25) is 0 Å². The second-order valence-electron chi connectivity index (χ2n) is 3.97. The first-order valence-electron chi connectivity index (χ1n) is 5.70. The molecule has 1 aromatic carbocycles. The number of nitrogens with two attached hydrogens (primary N) is 1. The van der Waals surface area contributed by atoms with Gasteiger partial charge in [0, 0.05) is 10.1 Å². The zero-order valence-electron chi connectivity index (χ0n) is 10.2. The molecule has 19 heavy (non-hydrogen) atoms. The predicted molar refractivity (Wildman–Crippen MR) is 88.9 cm³/mol. The van der Waals surface area contributed by atoms with E-state index in [4.69, 9.17) is 17.4 Å². The molecule has 1 unspecified atom stereocenters. The third kappa shape index (κ3) is 3.13. The second kappa shape index (κ2) is 6.53. The highest BCUT2D eigenvalue weighted by Crippen LogP contribution is 2.30. The summed E-state index contributed by atoms with van der Waals surface area (Å²) in [4.78, 5) is 0. The molecule has 4 nitrogen and oxygen atoms in total. The van der Waals surface area contributed by atoms with E-state index in [2.05, 4.69) is 49.0 Å². The SMILES string of the molecule is CCn1ncc(Br)c1C(NN)c1ccc(I)c(Cl)c1. The van der Waals surface area contributed by atoms with Crippen LogP contribution in [0.4, 0.5) is 0 Å². The molecule has 0 fully saturated rings. The van der Waals surface area contributed by atoms with Gasteiger partial charge in [0.25, 0.3) is 0 Å². The Morgan fingerprint density at radius 1 is 1.58 bits per heavy atom. The minimum Gasteiger partial charge on any atom is -0.271 e. The van der Waals surface area contributed by atoms with Crippen molar-refractivity contribution in [1.82, 2.24) is 15.2 Å². The summed E-state index contributed by atoms with van der Waals surface area (Å²) in [6.45, 7) is 2.81. The van der Waals surface area contributed by atoms with Crippen molar-refractivity contribution in [3.05, 3.63) is 48.7 Å². The highest BCUT2D eigenvalue weighted by Gasteiger charge is 2.21. The largest absolute Gasteiger partial charge is 0.271 e. The van der Waals surface area contributed by atoms with Gasteiger partial charge in [-0.15, -0.1) is 0 Å². The van der Waals surface area contributed by atoms with E-state index >= 15 is 0 Å². The maximum absolute atomic E-state index is 6.18. The van der Waals surface area contributed by atoms with Crippen LogP contribution in [0.15, 0.2) is 28.9 Å². The smallest absolute Gasteiger partial charge is 0.0890 e. The van der Waals surface area contributed by atoms with Crippen molar-refractivity contribution in [2.75, 3.05) is 0 Å². The van der Waals surface area contributed by atoms with Crippen LogP contribution >= 0.6 is 50.1 Å². The Balaban J connectivity index is 2.49. The Labute approximate surface area is 138 Å². The molecular weight excluding hydrogens is 442 g/mol. The van der Waals surface area contributed by atoms with Gasteiger partial charge in [-0.1, -0.05) is 17.7 Å². The molecule has 102 valence electrons. The van der Waals surface area contributed by atoms with E-state index in [1.807, 2.05) is 29.8 Å². The quantitative estimate of drug-likeness (QED) is 0.422. The number of aryl methyl sites for hydroxylation is 1. The molecule has 2 aromatic rings. The minimum atomic E-state index is -0.161. The van der Waals surface area contributed by atoms with E-state index in [1.54, 1.807) is 6.20 Å². The number of hydrazine groups is 1. The van der Waals surface area contributed by atoms with Crippen molar-refractivity contribution < 1.29 is 0 Å². The number of halogens is 3. The van der Waals surface area contributed by atoms with Crippen LogP contribution in [0, 0.1) is 3.57 Å². The van der Waals surface area contributed by atoms with Crippen LogP contribution in [0.1, 0.15) is 24.2 Å². The first-order chi connectivity index (χ1) is 9.08. The van der Waals surface area contributed by atoms with E-state index in [0.29, 0.717) is 0 Å². The number of hydrogen-bond donors (Lipinski definition) is 2. The van der Waals surface area contributed by atoms with Crippen molar-refractivity contribution >= 4 is 50.1 Å². The van der Waals surface area contributed by atoms with Crippen LogP contribution in [0.3, 0.4) is 0 Å². The number of rotatable bonds is 4. The van der Waals surface area contributed by atoms with Crippen LogP contribution in [0.25, 0.3) is 0 Å². The highest BCUT2D eigenvalue weighted by atomic mass is 127. The van der Waals surface area contributed by atoms with Gasteiger partial charge in [0.1, 0.15) is 0 Å². The molecule has 0 spiro atoms. The average molecular weight is 456 g/mol.